The van der Waals surface area contributed by atoms with Crippen LogP contribution in [0.1, 0.15) is 15.9 Å². The Labute approximate surface area is 124 Å². The van der Waals surface area contributed by atoms with Gasteiger partial charge in [0.05, 0.1) is 17.1 Å². The molecule has 0 aliphatic carbocycles. The van der Waals surface area contributed by atoms with E-state index in [1.54, 1.807) is 6.92 Å². The predicted molar refractivity (Wildman–Crippen MR) is 74.1 cm³/mol. The highest BCUT2D eigenvalue weighted by Crippen LogP contribution is 2.29. The molecular weight excluding hydrogens is 360 g/mol. The van der Waals surface area contributed by atoms with Crippen LogP contribution in [0.25, 0.3) is 0 Å². The number of hydrogen-bond donors (Lipinski definition) is 0. The lowest BCUT2D eigenvalue weighted by Crippen LogP contribution is -2.11. The van der Waals surface area contributed by atoms with E-state index in [1.807, 2.05) is 0 Å². The van der Waals surface area contributed by atoms with Crippen molar-refractivity contribution in [2.24, 2.45) is 0 Å². The number of methoxy groups -OCH3 is 1. The Balaban J connectivity index is 3.11. The molecule has 0 atom stereocenters. The summed E-state index contributed by atoms with van der Waals surface area (Å²) in [7, 11) is 2.85. The maximum Gasteiger partial charge on any atom is 0.338 e. The Morgan fingerprint density at radius 2 is 2.00 bits per heavy atom. The monoisotopic (exact) mass is 370 g/mol. The number of ether oxygens (including phenoxy) is 2. The maximum absolute atomic E-state index is 11.7. The summed E-state index contributed by atoms with van der Waals surface area (Å²) in [6.45, 7) is 2.01. The second-order valence-corrected chi connectivity index (χ2v) is 7.00. The summed E-state index contributed by atoms with van der Waals surface area (Å²) in [5.41, 5.74) is 0.691. The van der Waals surface area contributed by atoms with Crippen LogP contribution in [0.3, 0.4) is 0 Å². The molecule has 0 radical (unpaired) electrons. The molecule has 0 bridgehead atoms. The largest absolute Gasteiger partial charge is 0.460 e. The first-order valence-electron chi connectivity index (χ1n) is 5.18. The van der Waals surface area contributed by atoms with Crippen molar-refractivity contribution >= 4 is 41.6 Å². The zero-order chi connectivity index (χ0) is 14.6. The van der Waals surface area contributed by atoms with Gasteiger partial charge in [-0.3, -0.25) is 0 Å². The predicted octanol–water partition coefficient (Wildman–Crippen LogP) is 2.49. The quantitative estimate of drug-likeness (QED) is 0.452. The van der Waals surface area contributed by atoms with E-state index < -0.39 is 15.0 Å². The Kier molecular flexibility index (Phi) is 5.79. The summed E-state index contributed by atoms with van der Waals surface area (Å²) < 4.78 is 32.8. The lowest BCUT2D eigenvalue weighted by molar-refractivity contribution is 0.0387. The minimum absolute atomic E-state index is 0.0907. The normalized spacial score (nSPS) is 11.4. The molecule has 5 nitrogen and oxygen atoms in total. The van der Waals surface area contributed by atoms with E-state index in [0.29, 0.717) is 10.0 Å². The summed E-state index contributed by atoms with van der Waals surface area (Å²) in [5, 5.41) is 0. The molecule has 0 aliphatic heterocycles. The highest BCUT2D eigenvalue weighted by Gasteiger charge is 2.20. The molecule has 1 aromatic carbocycles. The molecule has 0 saturated heterocycles. The molecule has 8 heteroatoms. The minimum atomic E-state index is -3.94. The molecule has 19 heavy (non-hydrogen) atoms. The smallest absolute Gasteiger partial charge is 0.338 e. The van der Waals surface area contributed by atoms with E-state index in [-0.39, 0.29) is 23.7 Å². The van der Waals surface area contributed by atoms with Gasteiger partial charge in [0.25, 0.3) is 9.05 Å². The standard InChI is InChI=1S/C11H12BrClO5S/c1-7-5-8(11(14)18-4-3-17-2)6-9(10(7)12)19(13,15)16/h5-6H,3-4H2,1-2H3. The highest BCUT2D eigenvalue weighted by molar-refractivity contribution is 9.10. The first-order valence-corrected chi connectivity index (χ1v) is 8.28. The van der Waals surface area contributed by atoms with Gasteiger partial charge in [0.1, 0.15) is 6.61 Å². The van der Waals surface area contributed by atoms with Crippen LogP contribution in [-0.4, -0.2) is 34.7 Å². The van der Waals surface area contributed by atoms with Gasteiger partial charge in [0, 0.05) is 22.3 Å². The second-order valence-electron chi connectivity index (χ2n) is 3.67. The molecule has 0 saturated carbocycles. The Morgan fingerprint density at radius 3 is 2.53 bits per heavy atom. The van der Waals surface area contributed by atoms with E-state index in [4.69, 9.17) is 20.2 Å². The minimum Gasteiger partial charge on any atom is -0.460 e. The topological polar surface area (TPSA) is 69.7 Å². The third-order valence-electron chi connectivity index (χ3n) is 2.24. The van der Waals surface area contributed by atoms with Gasteiger partial charge < -0.3 is 9.47 Å². The number of esters is 1. The first-order chi connectivity index (χ1) is 8.77. The van der Waals surface area contributed by atoms with Crippen molar-refractivity contribution in [2.45, 2.75) is 11.8 Å². The van der Waals surface area contributed by atoms with Crippen molar-refractivity contribution < 1.29 is 22.7 Å². The molecule has 0 amide bonds. The summed E-state index contributed by atoms with van der Waals surface area (Å²) in [6.07, 6.45) is 0. The van der Waals surface area contributed by atoms with Gasteiger partial charge in [-0.2, -0.15) is 0 Å². The zero-order valence-electron chi connectivity index (χ0n) is 10.3. The fourth-order valence-electron chi connectivity index (χ4n) is 1.33. The average Bonchev–Trinajstić information content (AvgIpc) is 2.31. The summed E-state index contributed by atoms with van der Waals surface area (Å²) >= 11 is 3.13. The molecule has 106 valence electrons. The van der Waals surface area contributed by atoms with Gasteiger partial charge in [0.15, 0.2) is 0 Å². The van der Waals surface area contributed by atoms with Crippen LogP contribution in [0.4, 0.5) is 0 Å². The van der Waals surface area contributed by atoms with Crippen LogP contribution >= 0.6 is 26.6 Å². The van der Waals surface area contributed by atoms with Crippen LogP contribution in [0.15, 0.2) is 21.5 Å². The number of hydrogen-bond acceptors (Lipinski definition) is 5. The maximum atomic E-state index is 11.7. The van der Waals surface area contributed by atoms with Gasteiger partial charge in [-0.25, -0.2) is 13.2 Å². The van der Waals surface area contributed by atoms with Gasteiger partial charge in [-0.1, -0.05) is 0 Å². The molecule has 0 spiro atoms. The van der Waals surface area contributed by atoms with E-state index in [9.17, 15) is 13.2 Å². The van der Waals surface area contributed by atoms with Crippen LogP contribution in [0.5, 0.6) is 0 Å². The van der Waals surface area contributed by atoms with E-state index in [0.717, 1.165) is 0 Å². The van der Waals surface area contributed by atoms with E-state index >= 15 is 0 Å². The first kappa shape index (κ1) is 16.4. The van der Waals surface area contributed by atoms with E-state index in [1.165, 1.54) is 19.2 Å². The lowest BCUT2D eigenvalue weighted by Gasteiger charge is -2.09. The number of carbonyl (C=O) groups excluding carboxylic acids is 1. The average molecular weight is 372 g/mol. The number of rotatable bonds is 5. The van der Waals surface area contributed by atoms with Crippen LogP contribution in [0.2, 0.25) is 0 Å². The highest BCUT2D eigenvalue weighted by atomic mass is 79.9. The molecule has 0 fully saturated rings. The number of aryl methyl sites for hydroxylation is 1. The summed E-state index contributed by atoms with van der Waals surface area (Å²) in [6, 6.07) is 2.69. The molecule has 0 aromatic heterocycles. The fourth-order valence-corrected chi connectivity index (χ4v) is 3.49. The third kappa shape index (κ3) is 4.45. The van der Waals surface area contributed by atoms with Gasteiger partial charge in [-0.15, -0.1) is 0 Å². The number of halogens is 2. The van der Waals surface area contributed by atoms with Crippen molar-refractivity contribution in [3.8, 4) is 0 Å². The molecule has 1 aromatic rings. The molecule has 0 heterocycles. The van der Waals surface area contributed by atoms with Gasteiger partial charge in [0.2, 0.25) is 0 Å². The van der Waals surface area contributed by atoms with E-state index in [2.05, 4.69) is 15.9 Å². The number of carbonyl (C=O) groups is 1. The lowest BCUT2D eigenvalue weighted by atomic mass is 10.1. The van der Waals surface area contributed by atoms with Crippen molar-refractivity contribution in [1.29, 1.82) is 0 Å². The second kappa shape index (κ2) is 6.69. The molecular formula is C11H12BrClO5S. The van der Waals surface area contributed by atoms with Crippen LogP contribution in [0, 0.1) is 6.92 Å². The van der Waals surface area contributed by atoms with Gasteiger partial charge in [-0.05, 0) is 40.5 Å². The summed E-state index contributed by atoms with van der Waals surface area (Å²) in [5.74, 6) is -0.630. The zero-order valence-corrected chi connectivity index (χ0v) is 13.4. The Bertz CT molecular complexity index is 585. The van der Waals surface area contributed by atoms with Gasteiger partial charge >= 0.3 is 5.97 Å². The number of benzene rings is 1. The Morgan fingerprint density at radius 1 is 1.37 bits per heavy atom. The van der Waals surface area contributed by atoms with Crippen molar-refractivity contribution in [3.05, 3.63) is 27.7 Å². The molecule has 1 rings (SSSR count). The summed E-state index contributed by atoms with van der Waals surface area (Å²) in [4.78, 5) is 11.6. The molecule has 0 N–H and O–H groups in total. The Hall–Kier alpha value is -0.630. The third-order valence-corrected chi connectivity index (χ3v) is 4.90. The van der Waals surface area contributed by atoms with Crippen LogP contribution < -0.4 is 0 Å². The molecule has 0 unspecified atom stereocenters. The SMILES string of the molecule is COCCOC(=O)c1cc(C)c(Br)c(S(=O)(=O)Cl)c1. The van der Waals surface area contributed by atoms with Crippen molar-refractivity contribution in [3.63, 3.8) is 0 Å². The molecule has 0 aliphatic rings. The van der Waals surface area contributed by atoms with Crippen LogP contribution in [-0.2, 0) is 18.5 Å². The van der Waals surface area contributed by atoms with Crippen molar-refractivity contribution in [2.75, 3.05) is 20.3 Å². The van der Waals surface area contributed by atoms with Crippen molar-refractivity contribution in [1.82, 2.24) is 0 Å². The fraction of sp³-hybridized carbons (Fsp3) is 0.364.